The van der Waals surface area contributed by atoms with E-state index >= 15 is 0 Å². The first-order valence-electron chi connectivity index (χ1n) is 8.82. The van der Waals surface area contributed by atoms with Crippen LogP contribution >= 0.6 is 0 Å². The van der Waals surface area contributed by atoms with E-state index in [0.29, 0.717) is 17.7 Å². The second kappa shape index (κ2) is 7.99. The summed E-state index contributed by atoms with van der Waals surface area (Å²) < 4.78 is 15.3. The van der Waals surface area contributed by atoms with Crippen molar-refractivity contribution in [1.82, 2.24) is 4.57 Å². The molecule has 0 aliphatic rings. The van der Waals surface area contributed by atoms with Gasteiger partial charge >= 0.3 is 0 Å². The third-order valence-electron chi connectivity index (χ3n) is 4.50. The van der Waals surface area contributed by atoms with Crippen molar-refractivity contribution in [2.24, 2.45) is 0 Å². The maximum atomic E-state index is 13.9. The molecule has 27 heavy (non-hydrogen) atoms. The van der Waals surface area contributed by atoms with Crippen LogP contribution in [0.2, 0.25) is 0 Å². The maximum Gasteiger partial charge on any atom is 0.259 e. The Morgan fingerprint density at radius 2 is 1.74 bits per heavy atom. The number of carbonyl (C=O) groups is 1. The van der Waals surface area contributed by atoms with Crippen LogP contribution in [0.5, 0.6) is 0 Å². The van der Waals surface area contributed by atoms with Gasteiger partial charge in [-0.15, -0.1) is 0 Å². The largest absolute Gasteiger partial charge is 0.310 e. The molecule has 0 bridgehead atoms. The van der Waals surface area contributed by atoms with Crippen LogP contribution in [0.1, 0.15) is 28.4 Å². The normalized spacial score (nSPS) is 10.6. The quantitative estimate of drug-likeness (QED) is 0.686. The minimum atomic E-state index is -0.378. The number of nitrogens with zero attached hydrogens (tertiary/aromatic N) is 2. The summed E-state index contributed by atoms with van der Waals surface area (Å²) in [6, 6.07) is 16.8. The molecule has 5 heteroatoms. The molecular formula is C22H21FN2O2. The number of aromatic nitrogens is 1. The fourth-order valence-electron chi connectivity index (χ4n) is 3.04. The molecule has 0 unspecified atom stereocenters. The van der Waals surface area contributed by atoms with E-state index in [2.05, 4.69) is 0 Å². The number of pyridine rings is 1. The summed E-state index contributed by atoms with van der Waals surface area (Å²) in [5.41, 5.74) is 2.32. The van der Waals surface area contributed by atoms with Gasteiger partial charge in [-0.25, -0.2) is 4.39 Å². The predicted molar refractivity (Wildman–Crippen MR) is 105 cm³/mol. The molecule has 0 fully saturated rings. The summed E-state index contributed by atoms with van der Waals surface area (Å²) >= 11 is 0. The summed E-state index contributed by atoms with van der Waals surface area (Å²) in [5.74, 6) is -0.578. The van der Waals surface area contributed by atoms with Crippen molar-refractivity contribution in [2.75, 3.05) is 11.4 Å². The molecule has 3 rings (SSSR count). The van der Waals surface area contributed by atoms with Gasteiger partial charge < -0.3 is 9.47 Å². The van der Waals surface area contributed by atoms with Crippen LogP contribution in [0.4, 0.5) is 10.1 Å². The van der Waals surface area contributed by atoms with Crippen molar-refractivity contribution in [3.8, 4) is 0 Å². The van der Waals surface area contributed by atoms with Crippen molar-refractivity contribution in [2.45, 2.75) is 20.4 Å². The third-order valence-corrected chi connectivity index (χ3v) is 4.50. The summed E-state index contributed by atoms with van der Waals surface area (Å²) in [4.78, 5) is 26.9. The lowest BCUT2D eigenvalue weighted by Crippen LogP contribution is -2.32. The highest BCUT2D eigenvalue weighted by molar-refractivity contribution is 6.06. The molecule has 0 saturated carbocycles. The second-order valence-corrected chi connectivity index (χ2v) is 6.31. The summed E-state index contributed by atoms with van der Waals surface area (Å²) in [5, 5.41) is 0. The van der Waals surface area contributed by atoms with Crippen LogP contribution in [0, 0.1) is 12.7 Å². The zero-order chi connectivity index (χ0) is 19.4. The van der Waals surface area contributed by atoms with Crippen LogP contribution in [0.15, 0.2) is 71.7 Å². The SMILES string of the molecule is CCN(C(=O)c1ccc(=O)n(Cc2ccccc2F)c1)c1ccccc1C. The highest BCUT2D eigenvalue weighted by atomic mass is 19.1. The van der Waals surface area contributed by atoms with E-state index in [1.807, 2.05) is 38.1 Å². The number of para-hydroxylation sites is 1. The van der Waals surface area contributed by atoms with Gasteiger partial charge in [-0.1, -0.05) is 36.4 Å². The van der Waals surface area contributed by atoms with E-state index < -0.39 is 0 Å². The number of hydrogen-bond donors (Lipinski definition) is 0. The lowest BCUT2D eigenvalue weighted by atomic mass is 10.1. The lowest BCUT2D eigenvalue weighted by molar-refractivity contribution is 0.0987. The Kier molecular flexibility index (Phi) is 5.50. The van der Waals surface area contributed by atoms with Crippen molar-refractivity contribution in [3.05, 3.63) is 99.7 Å². The van der Waals surface area contributed by atoms with Gasteiger partial charge in [0.05, 0.1) is 12.1 Å². The Hall–Kier alpha value is -3.21. The minimum Gasteiger partial charge on any atom is -0.310 e. The predicted octanol–water partition coefficient (Wildman–Crippen LogP) is 4.01. The minimum absolute atomic E-state index is 0.0725. The molecule has 1 aromatic heterocycles. The molecule has 0 spiro atoms. The van der Waals surface area contributed by atoms with E-state index in [-0.39, 0.29) is 23.8 Å². The first-order valence-corrected chi connectivity index (χ1v) is 8.82. The number of hydrogen-bond acceptors (Lipinski definition) is 2. The van der Waals surface area contributed by atoms with E-state index in [4.69, 9.17) is 0 Å². The molecular weight excluding hydrogens is 343 g/mol. The van der Waals surface area contributed by atoms with Crippen LogP contribution in [0.3, 0.4) is 0 Å². The standard InChI is InChI=1S/C22H21FN2O2/c1-3-25(20-11-7-4-8-16(20)2)22(27)18-12-13-21(26)24(15-18)14-17-9-5-6-10-19(17)23/h4-13,15H,3,14H2,1-2H3. The Morgan fingerprint density at radius 3 is 2.44 bits per heavy atom. The van der Waals surface area contributed by atoms with Gasteiger partial charge in [0.2, 0.25) is 0 Å². The number of rotatable bonds is 5. The van der Waals surface area contributed by atoms with E-state index in [1.54, 1.807) is 23.1 Å². The molecule has 0 radical (unpaired) electrons. The Morgan fingerprint density at radius 1 is 1.04 bits per heavy atom. The average Bonchev–Trinajstić information content (AvgIpc) is 2.67. The Balaban J connectivity index is 1.95. The molecule has 138 valence electrons. The van der Waals surface area contributed by atoms with Crippen LogP contribution in [-0.4, -0.2) is 17.0 Å². The monoisotopic (exact) mass is 364 g/mol. The number of anilines is 1. The molecule has 0 N–H and O–H groups in total. The van der Waals surface area contributed by atoms with Crippen molar-refractivity contribution in [1.29, 1.82) is 0 Å². The topological polar surface area (TPSA) is 42.3 Å². The zero-order valence-corrected chi connectivity index (χ0v) is 15.4. The third kappa shape index (κ3) is 3.97. The summed E-state index contributed by atoms with van der Waals surface area (Å²) in [6.07, 6.45) is 1.50. The number of amides is 1. The first-order chi connectivity index (χ1) is 13.0. The average molecular weight is 364 g/mol. The molecule has 0 atom stereocenters. The smallest absolute Gasteiger partial charge is 0.259 e. The van der Waals surface area contributed by atoms with Crippen molar-refractivity contribution < 1.29 is 9.18 Å². The van der Waals surface area contributed by atoms with Gasteiger partial charge in [0, 0.05) is 30.1 Å². The van der Waals surface area contributed by atoms with E-state index in [0.717, 1.165) is 11.3 Å². The van der Waals surface area contributed by atoms with E-state index in [1.165, 1.54) is 29.0 Å². The molecule has 1 amide bonds. The van der Waals surface area contributed by atoms with Gasteiger partial charge in [0.25, 0.3) is 11.5 Å². The second-order valence-electron chi connectivity index (χ2n) is 6.31. The number of carbonyl (C=O) groups excluding carboxylic acids is 1. The highest BCUT2D eigenvalue weighted by Crippen LogP contribution is 2.21. The number of benzene rings is 2. The molecule has 4 nitrogen and oxygen atoms in total. The highest BCUT2D eigenvalue weighted by Gasteiger charge is 2.18. The van der Waals surface area contributed by atoms with Gasteiger partial charge in [-0.3, -0.25) is 9.59 Å². The lowest BCUT2D eigenvalue weighted by Gasteiger charge is -2.23. The fraction of sp³-hybridized carbons (Fsp3) is 0.182. The fourth-order valence-corrected chi connectivity index (χ4v) is 3.04. The summed E-state index contributed by atoms with van der Waals surface area (Å²) in [7, 11) is 0. The van der Waals surface area contributed by atoms with E-state index in [9.17, 15) is 14.0 Å². The van der Waals surface area contributed by atoms with Crippen molar-refractivity contribution in [3.63, 3.8) is 0 Å². The van der Waals surface area contributed by atoms with Crippen LogP contribution in [0.25, 0.3) is 0 Å². The van der Waals surface area contributed by atoms with Crippen LogP contribution < -0.4 is 10.5 Å². The van der Waals surface area contributed by atoms with Gasteiger partial charge in [-0.05, 0) is 37.6 Å². The van der Waals surface area contributed by atoms with Gasteiger partial charge in [0.15, 0.2) is 0 Å². The first kappa shape index (κ1) is 18.6. The molecule has 0 aliphatic heterocycles. The molecule has 0 aliphatic carbocycles. The Bertz CT molecular complexity index is 1030. The van der Waals surface area contributed by atoms with Crippen molar-refractivity contribution >= 4 is 11.6 Å². The Labute approximate surface area is 157 Å². The van der Waals surface area contributed by atoms with Gasteiger partial charge in [-0.2, -0.15) is 0 Å². The number of aryl methyl sites for hydroxylation is 1. The zero-order valence-electron chi connectivity index (χ0n) is 15.4. The summed E-state index contributed by atoms with van der Waals surface area (Å²) in [6.45, 7) is 4.42. The molecule has 2 aromatic carbocycles. The molecule has 0 saturated heterocycles. The van der Waals surface area contributed by atoms with Gasteiger partial charge in [0.1, 0.15) is 5.82 Å². The molecule has 1 heterocycles. The maximum absolute atomic E-state index is 13.9. The number of halogens is 1. The van der Waals surface area contributed by atoms with Crippen LogP contribution in [-0.2, 0) is 6.54 Å². The molecule has 3 aromatic rings.